The number of aryl methyl sites for hydroxylation is 2. The molecule has 0 radical (unpaired) electrons. The van der Waals surface area contributed by atoms with E-state index in [1.54, 1.807) is 0 Å². The van der Waals surface area contributed by atoms with Crippen molar-refractivity contribution in [3.05, 3.63) is 64.7 Å². The highest BCUT2D eigenvalue weighted by Crippen LogP contribution is 2.27. The van der Waals surface area contributed by atoms with Gasteiger partial charge in [0.05, 0.1) is 6.04 Å². The van der Waals surface area contributed by atoms with E-state index in [-0.39, 0.29) is 11.9 Å². The molecule has 1 N–H and O–H groups in total. The fourth-order valence-corrected chi connectivity index (χ4v) is 3.75. The fourth-order valence-electron chi connectivity index (χ4n) is 3.75. The molecular formula is C24H31NO2. The van der Waals surface area contributed by atoms with Gasteiger partial charge in [-0.3, -0.25) is 4.79 Å². The molecule has 1 aliphatic carbocycles. The first-order valence-corrected chi connectivity index (χ1v) is 10.1. The van der Waals surface area contributed by atoms with Crippen LogP contribution < -0.4 is 10.1 Å². The summed E-state index contributed by atoms with van der Waals surface area (Å²) in [6, 6.07) is 14.6. The number of ether oxygens (including phenoxy) is 1. The van der Waals surface area contributed by atoms with Crippen LogP contribution in [0.25, 0.3) is 0 Å². The second-order valence-corrected chi connectivity index (χ2v) is 7.92. The van der Waals surface area contributed by atoms with Crippen molar-refractivity contribution >= 4 is 5.91 Å². The predicted molar refractivity (Wildman–Crippen MR) is 110 cm³/mol. The molecule has 3 rings (SSSR count). The summed E-state index contributed by atoms with van der Waals surface area (Å²) in [5.74, 6) is 1.06. The molecule has 144 valence electrons. The third-order valence-corrected chi connectivity index (χ3v) is 5.45. The highest BCUT2D eigenvalue weighted by molar-refractivity contribution is 5.81. The first kappa shape index (κ1) is 19.5. The molecule has 0 spiro atoms. The number of hydrogen-bond donors (Lipinski definition) is 1. The van der Waals surface area contributed by atoms with Gasteiger partial charge in [0.2, 0.25) is 0 Å². The molecule has 0 heterocycles. The number of carbonyl (C=O) groups excluding carboxylic acids is 1. The molecule has 0 aliphatic heterocycles. The lowest BCUT2D eigenvalue weighted by atomic mass is 9.89. The van der Waals surface area contributed by atoms with Crippen LogP contribution in [-0.4, -0.2) is 12.0 Å². The average molecular weight is 366 g/mol. The molecule has 0 aromatic heterocycles. The Kier molecular flexibility index (Phi) is 6.20. The summed E-state index contributed by atoms with van der Waals surface area (Å²) >= 11 is 0. The standard InChI is InChI=1S/C24H31NO2/c1-16(2)22-11-7-8-12-23(22)27-18(4)24(26)25-17(3)20-14-13-19-9-5-6-10-21(19)15-20/h7-8,11-18H,5-6,9-10H2,1-4H3,(H,25,26)/t17-,18+/m0/s1. The Hall–Kier alpha value is -2.29. The maximum Gasteiger partial charge on any atom is 0.261 e. The summed E-state index contributed by atoms with van der Waals surface area (Å²) < 4.78 is 5.98. The van der Waals surface area contributed by atoms with E-state index in [1.807, 2.05) is 32.0 Å². The smallest absolute Gasteiger partial charge is 0.261 e. The number of nitrogens with one attached hydrogen (secondary N) is 1. The Morgan fingerprint density at radius 2 is 1.67 bits per heavy atom. The van der Waals surface area contributed by atoms with Gasteiger partial charge in [-0.15, -0.1) is 0 Å². The zero-order valence-electron chi connectivity index (χ0n) is 16.9. The summed E-state index contributed by atoms with van der Waals surface area (Å²) in [7, 11) is 0. The molecule has 3 heteroatoms. The maximum atomic E-state index is 12.7. The maximum absolute atomic E-state index is 12.7. The Bertz CT molecular complexity index is 797. The molecule has 2 aromatic carbocycles. The first-order chi connectivity index (χ1) is 13.0. The quantitative estimate of drug-likeness (QED) is 0.751. The van der Waals surface area contributed by atoms with Gasteiger partial charge in [-0.25, -0.2) is 0 Å². The van der Waals surface area contributed by atoms with Crippen molar-refractivity contribution in [3.63, 3.8) is 0 Å². The van der Waals surface area contributed by atoms with Crippen LogP contribution in [0.15, 0.2) is 42.5 Å². The van der Waals surface area contributed by atoms with Gasteiger partial charge in [0, 0.05) is 0 Å². The van der Waals surface area contributed by atoms with Crippen LogP contribution in [0.3, 0.4) is 0 Å². The van der Waals surface area contributed by atoms with E-state index in [4.69, 9.17) is 4.74 Å². The highest BCUT2D eigenvalue weighted by atomic mass is 16.5. The lowest BCUT2D eigenvalue weighted by molar-refractivity contribution is -0.127. The van der Waals surface area contributed by atoms with Crippen LogP contribution in [0.5, 0.6) is 5.75 Å². The molecule has 0 saturated heterocycles. The molecule has 0 saturated carbocycles. The van der Waals surface area contributed by atoms with Gasteiger partial charge >= 0.3 is 0 Å². The third-order valence-electron chi connectivity index (χ3n) is 5.45. The Morgan fingerprint density at radius 3 is 2.41 bits per heavy atom. The summed E-state index contributed by atoms with van der Waals surface area (Å²) in [4.78, 5) is 12.7. The Labute approximate surface area is 163 Å². The van der Waals surface area contributed by atoms with Crippen LogP contribution in [0.4, 0.5) is 0 Å². The van der Waals surface area contributed by atoms with E-state index >= 15 is 0 Å². The predicted octanol–water partition coefficient (Wildman–Crippen LogP) is 5.33. The molecule has 27 heavy (non-hydrogen) atoms. The van der Waals surface area contributed by atoms with Crippen LogP contribution in [0.2, 0.25) is 0 Å². The van der Waals surface area contributed by atoms with Gasteiger partial charge in [0.1, 0.15) is 5.75 Å². The number of rotatable bonds is 6. The minimum atomic E-state index is -0.537. The normalized spacial score (nSPS) is 15.7. The van der Waals surface area contributed by atoms with Crippen LogP contribution >= 0.6 is 0 Å². The van der Waals surface area contributed by atoms with Crippen molar-refractivity contribution in [2.45, 2.75) is 71.4 Å². The molecule has 0 bridgehead atoms. The monoisotopic (exact) mass is 365 g/mol. The molecule has 0 unspecified atom stereocenters. The second-order valence-electron chi connectivity index (χ2n) is 7.92. The SMILES string of the molecule is CC(C)c1ccccc1O[C@H](C)C(=O)N[C@@H](C)c1ccc2c(c1)CCCC2. The zero-order chi connectivity index (χ0) is 19.4. The van der Waals surface area contributed by atoms with Crippen molar-refractivity contribution in [1.82, 2.24) is 5.32 Å². The van der Waals surface area contributed by atoms with Gasteiger partial charge in [0.25, 0.3) is 5.91 Å². The summed E-state index contributed by atoms with van der Waals surface area (Å²) in [5.41, 5.74) is 5.19. The molecule has 1 aliphatic rings. The number of fused-ring (bicyclic) bond motifs is 1. The molecule has 2 atom stereocenters. The molecule has 2 aromatic rings. The minimum absolute atomic E-state index is 0.0314. The fraction of sp³-hybridized carbons (Fsp3) is 0.458. The number of amides is 1. The summed E-state index contributed by atoms with van der Waals surface area (Å²) in [5, 5.41) is 3.11. The highest BCUT2D eigenvalue weighted by Gasteiger charge is 2.20. The molecule has 0 fully saturated rings. The molecule has 3 nitrogen and oxygen atoms in total. The molecule has 1 amide bonds. The van der Waals surface area contributed by atoms with Crippen LogP contribution in [0.1, 0.15) is 74.8 Å². The Balaban J connectivity index is 1.64. The van der Waals surface area contributed by atoms with Gasteiger partial charge in [-0.2, -0.15) is 0 Å². The number of hydrogen-bond acceptors (Lipinski definition) is 2. The van der Waals surface area contributed by atoms with Gasteiger partial charge < -0.3 is 10.1 Å². The van der Waals surface area contributed by atoms with E-state index in [0.29, 0.717) is 5.92 Å². The van der Waals surface area contributed by atoms with Gasteiger partial charge in [0.15, 0.2) is 6.10 Å². The van der Waals surface area contributed by atoms with E-state index in [9.17, 15) is 4.79 Å². The second kappa shape index (κ2) is 8.60. The Morgan fingerprint density at radius 1 is 0.963 bits per heavy atom. The number of para-hydroxylation sites is 1. The number of carbonyl (C=O) groups is 1. The van der Waals surface area contributed by atoms with Crippen LogP contribution in [-0.2, 0) is 17.6 Å². The van der Waals surface area contributed by atoms with E-state index in [1.165, 1.54) is 36.0 Å². The number of benzene rings is 2. The average Bonchev–Trinajstić information content (AvgIpc) is 2.67. The van der Waals surface area contributed by atoms with Crippen molar-refractivity contribution in [3.8, 4) is 5.75 Å². The van der Waals surface area contributed by atoms with Gasteiger partial charge in [-0.1, -0.05) is 50.2 Å². The lowest BCUT2D eigenvalue weighted by Crippen LogP contribution is -2.38. The zero-order valence-corrected chi connectivity index (χ0v) is 16.9. The van der Waals surface area contributed by atoms with Gasteiger partial charge in [-0.05, 0) is 73.8 Å². The van der Waals surface area contributed by atoms with E-state index in [2.05, 4.69) is 43.4 Å². The van der Waals surface area contributed by atoms with Crippen molar-refractivity contribution in [1.29, 1.82) is 0 Å². The van der Waals surface area contributed by atoms with Crippen molar-refractivity contribution in [2.75, 3.05) is 0 Å². The van der Waals surface area contributed by atoms with E-state index < -0.39 is 6.10 Å². The van der Waals surface area contributed by atoms with Crippen molar-refractivity contribution < 1.29 is 9.53 Å². The largest absolute Gasteiger partial charge is 0.481 e. The summed E-state index contributed by atoms with van der Waals surface area (Å²) in [6.07, 6.45) is 4.33. The minimum Gasteiger partial charge on any atom is -0.481 e. The van der Waals surface area contributed by atoms with Crippen LogP contribution in [0, 0.1) is 0 Å². The first-order valence-electron chi connectivity index (χ1n) is 10.1. The van der Waals surface area contributed by atoms with Crippen molar-refractivity contribution in [2.24, 2.45) is 0 Å². The topological polar surface area (TPSA) is 38.3 Å². The molecular weight excluding hydrogens is 334 g/mol. The third kappa shape index (κ3) is 4.71. The summed E-state index contributed by atoms with van der Waals surface area (Å²) in [6.45, 7) is 8.11. The lowest BCUT2D eigenvalue weighted by Gasteiger charge is -2.22. The van der Waals surface area contributed by atoms with E-state index in [0.717, 1.165) is 17.7 Å².